The number of nitrogens with one attached hydrogen (secondary N) is 1. The number of hydrogen-bond donors (Lipinski definition) is 1. The number of methoxy groups -OCH3 is 2. The smallest absolute Gasteiger partial charge is 0.219 e. The summed E-state index contributed by atoms with van der Waals surface area (Å²) in [7, 11) is 5.43. The van der Waals surface area contributed by atoms with Crippen LogP contribution in [0.4, 0.5) is 0 Å². The molecule has 1 N–H and O–H groups in total. The second-order valence-corrected chi connectivity index (χ2v) is 14.6. The largest absolute Gasteiger partial charge is 0.496 e. The number of ether oxygens (including phenoxy) is 2. The van der Waals surface area contributed by atoms with Gasteiger partial charge in [-0.05, 0) is 50.9 Å². The molecule has 280 valence electrons. The molecule has 4 heterocycles. The van der Waals surface area contributed by atoms with Crippen LogP contribution in [0.3, 0.4) is 0 Å². The Morgan fingerprint density at radius 2 is 1.47 bits per heavy atom. The number of carbonyl (C=O) groups is 2. The Kier molecular flexibility index (Phi) is 12.6. The van der Waals surface area contributed by atoms with E-state index in [2.05, 4.69) is 28.3 Å². The molecule has 2 aromatic heterocycles. The van der Waals surface area contributed by atoms with Crippen molar-refractivity contribution in [3.05, 3.63) is 82.0 Å². The first kappa shape index (κ1) is 38.5. The van der Waals surface area contributed by atoms with Crippen molar-refractivity contribution in [2.24, 2.45) is 0 Å². The van der Waals surface area contributed by atoms with E-state index in [1.54, 1.807) is 34.3 Å². The summed E-state index contributed by atoms with van der Waals surface area (Å²) >= 11 is 14.3. The average molecular weight is 760 g/mol. The summed E-state index contributed by atoms with van der Waals surface area (Å²) in [5.41, 5.74) is 6.45. The van der Waals surface area contributed by atoms with E-state index >= 15 is 0 Å². The number of rotatable bonds is 11. The van der Waals surface area contributed by atoms with Crippen molar-refractivity contribution >= 4 is 35.0 Å². The van der Waals surface area contributed by atoms with Crippen LogP contribution in [0.25, 0.3) is 33.6 Å². The molecule has 2 aliphatic heterocycles. The normalized spacial score (nSPS) is 15.5. The van der Waals surface area contributed by atoms with Crippen LogP contribution in [-0.4, -0.2) is 96.0 Å². The highest BCUT2D eigenvalue weighted by Gasteiger charge is 2.25. The number of aromatic nitrogens is 2. The number of benzene rings is 2. The summed E-state index contributed by atoms with van der Waals surface area (Å²) in [5.74, 6) is 1.56. The monoisotopic (exact) mass is 758 g/mol. The van der Waals surface area contributed by atoms with Gasteiger partial charge in [0.15, 0.2) is 0 Å². The summed E-state index contributed by atoms with van der Waals surface area (Å²) in [4.78, 5) is 39.2. The molecule has 0 atom stereocenters. The zero-order valence-corrected chi connectivity index (χ0v) is 32.6. The van der Waals surface area contributed by atoms with Crippen LogP contribution >= 0.6 is 23.2 Å². The van der Waals surface area contributed by atoms with E-state index in [-0.39, 0.29) is 11.8 Å². The van der Waals surface area contributed by atoms with Crippen LogP contribution in [0.15, 0.2) is 60.8 Å². The third-order valence-corrected chi connectivity index (χ3v) is 11.4. The molecule has 53 heavy (non-hydrogen) atoms. The Labute approximate surface area is 322 Å². The predicted molar refractivity (Wildman–Crippen MR) is 210 cm³/mol. The van der Waals surface area contributed by atoms with Gasteiger partial charge in [0.2, 0.25) is 17.7 Å². The molecule has 12 heteroatoms. The van der Waals surface area contributed by atoms with Gasteiger partial charge in [-0.1, -0.05) is 59.6 Å². The lowest BCUT2D eigenvalue weighted by Crippen LogP contribution is -2.44. The number of carbonyl (C=O) groups excluding carboxylic acids is 2. The van der Waals surface area contributed by atoms with Gasteiger partial charge in [0.05, 0.1) is 35.7 Å². The summed E-state index contributed by atoms with van der Waals surface area (Å²) in [6.07, 6.45) is 5.46. The standard InChI is InChI=1S/C41H48Cl2N6O4/c1-26(50)48-19-14-31(15-20-48)45-24-29-11-12-36(46-41(29)53-5)35-8-6-7-33(38(35)42)34-13-18-44-40(39(34)43)28-9-10-30(37(23-28)52-4)25-47(3)32-16-21-49(22-17-32)27(2)51/h6-13,18,23,31-32,45H,14-17,19-22,24-25H2,1-5H3. The fourth-order valence-corrected chi connectivity index (χ4v) is 8.06. The van der Waals surface area contributed by atoms with Crippen molar-refractivity contribution in [2.75, 3.05) is 47.4 Å². The Balaban J connectivity index is 1.19. The van der Waals surface area contributed by atoms with Crippen molar-refractivity contribution in [1.29, 1.82) is 0 Å². The fourth-order valence-electron chi connectivity index (χ4n) is 7.42. The van der Waals surface area contributed by atoms with Gasteiger partial charge in [-0.3, -0.25) is 19.5 Å². The SMILES string of the molecule is COc1cc(-c2nccc(-c3cccc(-c4ccc(CNC5CCN(C(C)=O)CC5)c(OC)n4)c3Cl)c2Cl)ccc1CN(C)C1CCN(C(C)=O)CC1. The lowest BCUT2D eigenvalue weighted by Gasteiger charge is -2.36. The number of halogens is 2. The second kappa shape index (κ2) is 17.3. The topological polar surface area (TPSA) is 100 Å². The quantitative estimate of drug-likeness (QED) is 0.170. The zero-order valence-electron chi connectivity index (χ0n) is 31.1. The Hall–Kier alpha value is -4.22. The minimum Gasteiger partial charge on any atom is -0.496 e. The zero-order chi connectivity index (χ0) is 37.6. The van der Waals surface area contributed by atoms with Crippen LogP contribution in [0.2, 0.25) is 10.0 Å². The molecule has 0 radical (unpaired) electrons. The first-order chi connectivity index (χ1) is 25.6. The molecule has 4 aromatic rings. The molecule has 0 aliphatic carbocycles. The van der Waals surface area contributed by atoms with Gasteiger partial charge in [-0.2, -0.15) is 0 Å². The number of piperidine rings is 2. The van der Waals surface area contributed by atoms with Crippen LogP contribution in [0.5, 0.6) is 11.6 Å². The fraction of sp³-hybridized carbons (Fsp3) is 0.415. The highest BCUT2D eigenvalue weighted by atomic mass is 35.5. The molecule has 2 fully saturated rings. The summed E-state index contributed by atoms with van der Waals surface area (Å²) < 4.78 is 11.6. The molecular formula is C41H48Cl2N6O4. The van der Waals surface area contributed by atoms with Crippen LogP contribution in [0, 0.1) is 0 Å². The minimum absolute atomic E-state index is 0.130. The third-order valence-electron chi connectivity index (χ3n) is 10.6. The van der Waals surface area contributed by atoms with Crippen molar-refractivity contribution in [3.8, 4) is 45.3 Å². The van der Waals surface area contributed by atoms with Gasteiger partial charge in [0.1, 0.15) is 5.75 Å². The van der Waals surface area contributed by atoms with Crippen LogP contribution in [0.1, 0.15) is 50.7 Å². The van der Waals surface area contributed by atoms with Gasteiger partial charge in [0, 0.05) is 105 Å². The van der Waals surface area contributed by atoms with Crippen molar-refractivity contribution < 1.29 is 19.1 Å². The van der Waals surface area contributed by atoms with E-state index < -0.39 is 0 Å². The van der Waals surface area contributed by atoms with Gasteiger partial charge < -0.3 is 24.6 Å². The first-order valence-corrected chi connectivity index (χ1v) is 18.9. The molecular weight excluding hydrogens is 711 g/mol. The van der Waals surface area contributed by atoms with Crippen molar-refractivity contribution in [1.82, 2.24) is 30.0 Å². The highest BCUT2D eigenvalue weighted by molar-refractivity contribution is 6.39. The number of likely N-dealkylation sites (tertiary alicyclic amines) is 2. The van der Waals surface area contributed by atoms with Crippen LogP contribution in [-0.2, 0) is 22.7 Å². The van der Waals surface area contributed by atoms with Gasteiger partial charge in [0.25, 0.3) is 0 Å². The van der Waals surface area contributed by atoms with E-state index in [4.69, 9.17) is 37.7 Å². The highest BCUT2D eigenvalue weighted by Crippen LogP contribution is 2.42. The molecule has 10 nitrogen and oxygen atoms in total. The second-order valence-electron chi connectivity index (χ2n) is 13.9. The van der Waals surface area contributed by atoms with Crippen molar-refractivity contribution in [2.45, 2.75) is 64.7 Å². The average Bonchev–Trinajstić information content (AvgIpc) is 3.17. The number of nitrogens with zero attached hydrogens (tertiary/aromatic N) is 5. The minimum atomic E-state index is 0.130. The lowest BCUT2D eigenvalue weighted by atomic mass is 9.98. The summed E-state index contributed by atoms with van der Waals surface area (Å²) in [6.45, 7) is 7.69. The molecule has 6 rings (SSSR count). The van der Waals surface area contributed by atoms with E-state index in [0.717, 1.165) is 97.5 Å². The number of pyridine rings is 2. The molecule has 0 unspecified atom stereocenters. The molecule has 2 saturated heterocycles. The number of hydrogen-bond acceptors (Lipinski definition) is 8. The number of amides is 2. The van der Waals surface area contributed by atoms with Crippen molar-refractivity contribution in [3.63, 3.8) is 0 Å². The van der Waals surface area contributed by atoms with Gasteiger partial charge in [-0.25, -0.2) is 4.98 Å². The molecule has 0 bridgehead atoms. The maximum absolute atomic E-state index is 11.8. The summed E-state index contributed by atoms with van der Waals surface area (Å²) in [6, 6.07) is 18.5. The maximum atomic E-state index is 11.8. The van der Waals surface area contributed by atoms with Crippen LogP contribution < -0.4 is 14.8 Å². The Bertz CT molecular complexity index is 1940. The molecule has 0 spiro atoms. The molecule has 2 amide bonds. The van der Waals surface area contributed by atoms with E-state index in [1.807, 2.05) is 58.3 Å². The molecule has 2 aliphatic rings. The third kappa shape index (κ3) is 8.78. The Morgan fingerprint density at radius 1 is 0.830 bits per heavy atom. The van der Waals surface area contributed by atoms with E-state index in [0.29, 0.717) is 45.9 Å². The van der Waals surface area contributed by atoms with E-state index in [9.17, 15) is 9.59 Å². The lowest BCUT2D eigenvalue weighted by molar-refractivity contribution is -0.131. The summed E-state index contributed by atoms with van der Waals surface area (Å²) in [5, 5.41) is 4.61. The first-order valence-electron chi connectivity index (χ1n) is 18.2. The Morgan fingerprint density at radius 3 is 2.13 bits per heavy atom. The molecule has 2 aromatic carbocycles. The predicted octanol–water partition coefficient (Wildman–Crippen LogP) is 7.34. The van der Waals surface area contributed by atoms with Gasteiger partial charge in [-0.15, -0.1) is 0 Å². The molecule has 0 saturated carbocycles. The van der Waals surface area contributed by atoms with E-state index in [1.165, 1.54) is 0 Å². The maximum Gasteiger partial charge on any atom is 0.219 e. The van der Waals surface area contributed by atoms with Gasteiger partial charge >= 0.3 is 0 Å².